The van der Waals surface area contributed by atoms with Crippen molar-refractivity contribution in [2.24, 2.45) is 52.2 Å². The summed E-state index contributed by atoms with van der Waals surface area (Å²) in [5.74, 6) is -21.9. The number of nitrogens with two attached hydrogens (primary N) is 6. The minimum absolute atomic E-state index is 0.00891. The molecule has 0 radical (unpaired) electrons. The molecule has 15 atom stereocenters. The number of carboxylic acids is 2. The van der Waals surface area contributed by atoms with Gasteiger partial charge in [0.2, 0.25) is 88.6 Å². The smallest absolute Gasteiger partial charge is 0.326 e. The number of aromatic nitrogens is 1. The minimum atomic E-state index is -2.00. The van der Waals surface area contributed by atoms with Gasteiger partial charge in [-0.05, 0) is 111 Å². The maximum absolute atomic E-state index is 15.0. The Morgan fingerprint density at radius 2 is 0.868 bits per heavy atom. The number of phenolic OH excluding ortho intramolecular Hbond substituents is 1. The highest BCUT2D eigenvalue weighted by atomic mass is 16.4. The predicted molar refractivity (Wildman–Crippen MR) is 439 cm³/mol. The minimum Gasteiger partial charge on any atom is -0.508 e. The molecule has 1 heterocycles. The number of aliphatic hydroxyl groups is 1. The number of aliphatic carboxylic acids is 2. The molecule has 31 N–H and O–H groups in total. The Labute approximate surface area is 698 Å². The molecule has 1 aromatic heterocycles. The Kier molecular flexibility index (Phi) is 41.7. The lowest BCUT2D eigenvalue weighted by Crippen LogP contribution is -2.62. The summed E-state index contributed by atoms with van der Waals surface area (Å²) in [7, 11) is 0. The topological polar surface area (TPSA) is 723 Å². The third kappa shape index (κ3) is 34.9. The zero-order valence-electron chi connectivity index (χ0n) is 68.6. The average Bonchev–Trinajstić information content (AvgIpc) is 1.79. The summed E-state index contributed by atoms with van der Waals surface area (Å²) in [4.78, 5) is 237. The molecule has 0 spiro atoms. The van der Waals surface area contributed by atoms with E-state index in [0.717, 1.165) is 6.92 Å². The van der Waals surface area contributed by atoms with E-state index in [-0.39, 0.29) is 88.5 Å². The fourth-order valence-electron chi connectivity index (χ4n) is 12.5. The molecule has 3 aromatic carbocycles. The van der Waals surface area contributed by atoms with Crippen LogP contribution in [-0.2, 0) is 101 Å². The van der Waals surface area contributed by atoms with Crippen LogP contribution in [-0.4, -0.2) is 230 Å². The van der Waals surface area contributed by atoms with Crippen LogP contribution in [0.2, 0.25) is 0 Å². The highest BCUT2D eigenvalue weighted by Gasteiger charge is 2.40. The second-order valence-electron chi connectivity index (χ2n) is 30.3. The molecule has 0 unspecified atom stereocenters. The van der Waals surface area contributed by atoms with Gasteiger partial charge in [-0.15, -0.1) is 0 Å². The van der Waals surface area contributed by atoms with E-state index in [4.69, 9.17) is 39.8 Å². The number of amides is 15. The van der Waals surface area contributed by atoms with Crippen molar-refractivity contribution in [3.8, 4) is 5.75 Å². The molecule has 4 aromatic rings. The molecule has 4 rings (SSSR count). The summed E-state index contributed by atoms with van der Waals surface area (Å²) in [6.45, 7) is 11.0. The van der Waals surface area contributed by atoms with Crippen LogP contribution in [0, 0.1) is 23.2 Å². The second-order valence-corrected chi connectivity index (χ2v) is 30.3. The third-order valence-corrected chi connectivity index (χ3v) is 19.4. The van der Waals surface area contributed by atoms with E-state index >= 15 is 0 Å². The predicted octanol–water partition coefficient (Wildman–Crippen LogP) is -4.86. The van der Waals surface area contributed by atoms with Gasteiger partial charge in [-0.3, -0.25) is 82.1 Å². The van der Waals surface area contributed by atoms with Crippen molar-refractivity contribution in [3.05, 3.63) is 102 Å². The number of fused-ring (bicyclic) bond motifs is 1. The summed E-state index contributed by atoms with van der Waals surface area (Å²) in [6, 6.07) is -1.35. The zero-order valence-corrected chi connectivity index (χ0v) is 68.6. The molecule has 0 fully saturated rings. The average molecular weight is 1700 g/mol. The summed E-state index contributed by atoms with van der Waals surface area (Å²) in [5.41, 5.74) is 35.8. The molecule has 664 valence electrons. The van der Waals surface area contributed by atoms with E-state index in [0.29, 0.717) is 34.0 Å². The van der Waals surface area contributed by atoms with Crippen molar-refractivity contribution in [1.82, 2.24) is 74.1 Å². The molecule has 0 aliphatic rings. The molecule has 0 aliphatic carbocycles. The zero-order chi connectivity index (χ0) is 90.5. The van der Waals surface area contributed by atoms with Gasteiger partial charge in [-0.2, -0.15) is 0 Å². The molecule has 0 saturated carbocycles. The van der Waals surface area contributed by atoms with Gasteiger partial charge in [0.05, 0.1) is 31.4 Å². The van der Waals surface area contributed by atoms with Crippen LogP contribution in [0.25, 0.3) is 10.9 Å². The standard InChI is InChI=1S/C79H117N21O21/c1-8-41(6)63(84)75(117)95-55(34-45-38-88-48-20-13-12-19-47(45)48)72(114)94-57(37-62(106)107)74(116)99-64(40(4)5)76(118)97-56(35-60(82)104)73(115)91-51(27-28-59(81)103)67(109)89-49(21-14-15-29-80)68(110)100-65(42(7)101)77(119)96-54(32-43-17-10-9-11-18-43)71(113)93-53(33-44-23-25-46(102)26-24-44)70(112)92-52(31-39(2)3)69(111)90-50(22-16-30-87-79(85)86)66(108)98-58(78(120)121)36-61(83)105/h9-13,17-20,23-26,38-42,49-58,63-65,88,101-102H,8,14-16,21-22,27-37,80,84H2,1-7H3,(H2,81,103)(H2,82,104)(H2,83,105)(H,89,109)(H,90,111)(H,91,115)(H,92,112)(H,93,113)(H,94,114)(H,95,117)(H,96,119)(H,97,118)(H,98,108)(H,99,116)(H,100,110)(H,106,107)(H,120,121)(H4,85,86,87)/t41-,42+,49-,50-,51-,52-,53-,54-,55-,56-,57-,58-,63-,64-,65-/m0/s1. The number of H-pyrrole nitrogens is 1. The Balaban J connectivity index is 1.65. The maximum Gasteiger partial charge on any atom is 0.326 e. The van der Waals surface area contributed by atoms with Gasteiger partial charge < -0.3 is 129 Å². The molecule has 42 heteroatoms. The number of carboxylic acid groups (broad SMARTS) is 2. The van der Waals surface area contributed by atoms with Crippen LogP contribution in [0.3, 0.4) is 0 Å². The highest BCUT2D eigenvalue weighted by molar-refractivity contribution is 6.02. The van der Waals surface area contributed by atoms with Crippen LogP contribution in [0.4, 0.5) is 0 Å². The first kappa shape index (κ1) is 100. The van der Waals surface area contributed by atoms with Gasteiger partial charge in [0.1, 0.15) is 78.3 Å². The van der Waals surface area contributed by atoms with Gasteiger partial charge in [-0.1, -0.05) is 109 Å². The first-order chi connectivity index (χ1) is 57.0. The summed E-state index contributed by atoms with van der Waals surface area (Å²) in [5, 5.41) is 81.4. The first-order valence-electron chi connectivity index (χ1n) is 39.5. The Hall–Kier alpha value is -12.9. The lowest BCUT2D eigenvalue weighted by Gasteiger charge is -2.29. The number of hydrogen-bond donors (Lipinski definition) is 25. The molecule has 0 saturated heterocycles. The number of aromatic amines is 1. The second kappa shape index (κ2) is 50.1. The molecular formula is C79H117N21O21. The number of nitrogens with one attached hydrogen (secondary N) is 15. The normalized spacial score (nSPS) is 14.9. The fourth-order valence-corrected chi connectivity index (χ4v) is 12.5. The molecule has 0 bridgehead atoms. The van der Waals surface area contributed by atoms with Crippen molar-refractivity contribution in [2.45, 2.75) is 229 Å². The Morgan fingerprint density at radius 3 is 1.39 bits per heavy atom. The van der Waals surface area contributed by atoms with Crippen molar-refractivity contribution in [1.29, 1.82) is 5.41 Å². The van der Waals surface area contributed by atoms with Gasteiger partial charge in [0.15, 0.2) is 5.96 Å². The quantitative estimate of drug-likeness (QED) is 0.0112. The van der Waals surface area contributed by atoms with Crippen LogP contribution >= 0.6 is 0 Å². The van der Waals surface area contributed by atoms with E-state index in [1.54, 1.807) is 88.5 Å². The third-order valence-electron chi connectivity index (χ3n) is 19.4. The fraction of sp³-hybridized carbons (Fsp3) is 0.519. The molecule has 0 aliphatic heterocycles. The SMILES string of the molecule is CC[C@H](C)[C@H](N)C(=O)N[C@@H](Cc1c[nH]c2ccccc12)C(=O)N[C@@H](CC(=O)O)C(=O)N[C@H](C(=O)N[C@@H](CC(N)=O)C(=O)N[C@@H](CCC(N)=O)C(=O)N[C@@H](CCCCN)C(=O)N[C@H](C(=O)N[C@@H](Cc1ccccc1)C(=O)N[C@@H](Cc1ccc(O)cc1)C(=O)N[C@@H](CC(C)C)C(=O)N[C@@H](CCCNC(=N)N)C(=O)N[C@@H](CC(N)=O)C(=O)O)[C@@H](C)O)C(C)C. The van der Waals surface area contributed by atoms with Crippen LogP contribution in [0.1, 0.15) is 142 Å². The van der Waals surface area contributed by atoms with E-state index in [2.05, 4.69) is 74.1 Å². The van der Waals surface area contributed by atoms with Crippen LogP contribution < -0.4 is 104 Å². The summed E-state index contributed by atoms with van der Waals surface area (Å²) < 4.78 is 0. The number of carbonyl (C=O) groups is 17. The number of unbranched alkanes of at least 4 members (excludes halogenated alkanes) is 1. The molecule has 121 heavy (non-hydrogen) atoms. The number of rotatable bonds is 54. The Bertz CT molecular complexity index is 4260. The molecule has 42 nitrogen and oxygen atoms in total. The number of para-hydroxylation sites is 1. The monoisotopic (exact) mass is 1700 g/mol. The van der Waals surface area contributed by atoms with Crippen molar-refractivity contribution >= 4 is 117 Å². The largest absolute Gasteiger partial charge is 0.508 e. The van der Waals surface area contributed by atoms with Gasteiger partial charge >= 0.3 is 11.9 Å². The van der Waals surface area contributed by atoms with Crippen molar-refractivity contribution < 1.29 is 102 Å². The number of primary amides is 3. The Morgan fingerprint density at radius 1 is 0.446 bits per heavy atom. The molecular weight excluding hydrogens is 1580 g/mol. The number of carbonyl (C=O) groups excluding carboxylic acids is 15. The number of benzene rings is 3. The highest BCUT2D eigenvalue weighted by Crippen LogP contribution is 2.21. The lowest BCUT2D eigenvalue weighted by atomic mass is 9.98. The van der Waals surface area contributed by atoms with E-state index in [1.807, 2.05) is 0 Å². The van der Waals surface area contributed by atoms with Gasteiger partial charge in [0, 0.05) is 49.3 Å². The molecule has 15 amide bonds. The number of guanidine groups is 1. The van der Waals surface area contributed by atoms with Crippen molar-refractivity contribution in [3.63, 3.8) is 0 Å². The van der Waals surface area contributed by atoms with Crippen LogP contribution in [0.15, 0.2) is 85.1 Å². The van der Waals surface area contributed by atoms with E-state index < -0.39 is 229 Å². The van der Waals surface area contributed by atoms with Gasteiger partial charge in [0.25, 0.3) is 0 Å². The maximum atomic E-state index is 15.0. The van der Waals surface area contributed by atoms with Crippen molar-refractivity contribution in [2.75, 3.05) is 13.1 Å². The number of aromatic hydroxyl groups is 1. The number of phenols is 1. The van der Waals surface area contributed by atoms with Crippen LogP contribution in [0.5, 0.6) is 5.75 Å². The van der Waals surface area contributed by atoms with E-state index in [9.17, 15) is 102 Å². The number of hydrogen-bond acceptors (Lipinski definition) is 22. The first-order valence-corrected chi connectivity index (χ1v) is 39.5. The van der Waals surface area contributed by atoms with E-state index in [1.165, 1.54) is 38.1 Å². The van der Waals surface area contributed by atoms with Gasteiger partial charge in [-0.25, -0.2) is 4.79 Å². The lowest BCUT2D eigenvalue weighted by molar-refractivity contribution is -0.144. The number of aliphatic hydroxyl groups excluding tert-OH is 1. The summed E-state index contributed by atoms with van der Waals surface area (Å²) in [6.07, 6.45) is -4.90. The summed E-state index contributed by atoms with van der Waals surface area (Å²) >= 11 is 0.